The molecule has 1 aromatic carbocycles. The van der Waals surface area contributed by atoms with Crippen LogP contribution in [0.15, 0.2) is 24.3 Å². The van der Waals surface area contributed by atoms with E-state index >= 15 is 0 Å². The van der Waals surface area contributed by atoms with E-state index in [0.29, 0.717) is 6.42 Å². The van der Waals surface area contributed by atoms with Crippen LogP contribution in [0.4, 0.5) is 0 Å². The Morgan fingerprint density at radius 1 is 0.889 bits per heavy atom. The Morgan fingerprint density at radius 2 is 1.52 bits per heavy atom. The topological polar surface area (TPSA) is 29.5 Å². The highest BCUT2D eigenvalue weighted by Gasteiger charge is 2.12. The Balaban J connectivity index is 1.55. The monoisotopic (exact) mass is 373 g/mol. The van der Waals surface area contributed by atoms with Crippen molar-refractivity contribution in [2.45, 2.75) is 84.0 Å². The summed E-state index contributed by atoms with van der Waals surface area (Å²) in [7, 11) is 0. The second-order valence-electron chi connectivity index (χ2n) is 7.92. The summed E-state index contributed by atoms with van der Waals surface area (Å²) >= 11 is 0. The molecule has 0 radical (unpaired) electrons. The van der Waals surface area contributed by atoms with Crippen molar-refractivity contribution < 1.29 is 9.53 Å². The fraction of sp³-hybridized carbons (Fsp3) is 0.708. The normalized spacial score (nSPS) is 15.0. The van der Waals surface area contributed by atoms with Crippen LogP contribution < -0.4 is 4.74 Å². The number of benzene rings is 1. The molecule has 3 heteroatoms. The fourth-order valence-electron chi connectivity index (χ4n) is 3.75. The first-order valence-electron chi connectivity index (χ1n) is 11.3. The standard InChI is InChI=1S/C24H39NO2/c1-2-3-4-5-6-7-8-12-21-27-23-15-13-22(14-16-23)24(26)17-20-25-18-10-9-11-19-25/h13-16H,2-12,17-21H2,1H3. The van der Waals surface area contributed by atoms with Gasteiger partial charge in [-0.15, -0.1) is 0 Å². The van der Waals surface area contributed by atoms with E-state index in [1.54, 1.807) is 0 Å². The van der Waals surface area contributed by atoms with Crippen molar-refractivity contribution in [3.8, 4) is 5.75 Å². The number of nitrogens with zero attached hydrogens (tertiary/aromatic N) is 1. The van der Waals surface area contributed by atoms with Crippen LogP contribution in [0.1, 0.15) is 94.3 Å². The first kappa shape index (κ1) is 21.9. The number of rotatable bonds is 14. The summed E-state index contributed by atoms with van der Waals surface area (Å²) in [4.78, 5) is 14.8. The average Bonchev–Trinajstić information content (AvgIpc) is 2.72. The van der Waals surface area contributed by atoms with E-state index in [9.17, 15) is 4.79 Å². The molecule has 1 aromatic rings. The summed E-state index contributed by atoms with van der Waals surface area (Å²) in [5, 5.41) is 0. The van der Waals surface area contributed by atoms with Crippen LogP contribution in [0.5, 0.6) is 5.75 Å². The third-order valence-electron chi connectivity index (χ3n) is 5.55. The largest absolute Gasteiger partial charge is 0.494 e. The third kappa shape index (κ3) is 9.41. The summed E-state index contributed by atoms with van der Waals surface area (Å²) in [6.45, 7) is 6.24. The van der Waals surface area contributed by atoms with Gasteiger partial charge in [-0.1, -0.05) is 58.3 Å². The maximum absolute atomic E-state index is 12.4. The molecular weight excluding hydrogens is 334 g/mol. The van der Waals surface area contributed by atoms with Gasteiger partial charge in [-0.3, -0.25) is 4.79 Å². The molecule has 152 valence electrons. The summed E-state index contributed by atoms with van der Waals surface area (Å²) in [5.41, 5.74) is 0.812. The van der Waals surface area contributed by atoms with Crippen LogP contribution in [0.25, 0.3) is 0 Å². The summed E-state index contributed by atoms with van der Waals surface area (Å²) in [6, 6.07) is 7.72. The minimum absolute atomic E-state index is 0.246. The minimum atomic E-state index is 0.246. The molecule has 1 fully saturated rings. The van der Waals surface area contributed by atoms with Crippen LogP contribution in [0.3, 0.4) is 0 Å². The molecule has 0 aromatic heterocycles. The molecule has 3 nitrogen and oxygen atoms in total. The van der Waals surface area contributed by atoms with Gasteiger partial charge < -0.3 is 9.64 Å². The van der Waals surface area contributed by atoms with Gasteiger partial charge in [0.1, 0.15) is 5.75 Å². The quantitative estimate of drug-likeness (QED) is 0.284. The van der Waals surface area contributed by atoms with Gasteiger partial charge in [0.2, 0.25) is 0 Å². The number of Topliss-reactive ketones (excluding diaryl/α,β-unsaturated/α-hetero) is 1. The van der Waals surface area contributed by atoms with Crippen molar-refractivity contribution in [2.24, 2.45) is 0 Å². The number of carbonyl (C=O) groups is 1. The number of ether oxygens (including phenoxy) is 1. The SMILES string of the molecule is CCCCCCCCCCOc1ccc(C(=O)CCN2CCCCC2)cc1. The van der Waals surface area contributed by atoms with Crippen molar-refractivity contribution in [1.82, 2.24) is 4.90 Å². The summed E-state index contributed by atoms with van der Waals surface area (Å²) in [5.74, 6) is 1.13. The van der Waals surface area contributed by atoms with Crippen molar-refractivity contribution in [3.63, 3.8) is 0 Å². The molecule has 27 heavy (non-hydrogen) atoms. The molecule has 0 unspecified atom stereocenters. The molecule has 0 bridgehead atoms. The lowest BCUT2D eigenvalue weighted by molar-refractivity contribution is 0.0958. The lowest BCUT2D eigenvalue weighted by atomic mass is 10.1. The highest BCUT2D eigenvalue weighted by Crippen LogP contribution is 2.16. The van der Waals surface area contributed by atoms with E-state index in [1.807, 2.05) is 24.3 Å². The lowest BCUT2D eigenvalue weighted by Crippen LogP contribution is -2.31. The van der Waals surface area contributed by atoms with Crippen molar-refractivity contribution >= 4 is 5.78 Å². The van der Waals surface area contributed by atoms with Crippen LogP contribution in [-0.4, -0.2) is 36.9 Å². The van der Waals surface area contributed by atoms with Gasteiger partial charge in [0.05, 0.1) is 6.61 Å². The zero-order valence-corrected chi connectivity index (χ0v) is 17.4. The van der Waals surface area contributed by atoms with Crippen LogP contribution in [0.2, 0.25) is 0 Å². The number of piperidine rings is 1. The number of carbonyl (C=O) groups excluding carboxylic acids is 1. The fourth-order valence-corrected chi connectivity index (χ4v) is 3.75. The molecule has 0 amide bonds. The Morgan fingerprint density at radius 3 is 2.19 bits per heavy atom. The zero-order valence-electron chi connectivity index (χ0n) is 17.4. The Labute approximate surface area is 166 Å². The van der Waals surface area contributed by atoms with Gasteiger partial charge in [-0.05, 0) is 56.6 Å². The van der Waals surface area contributed by atoms with Crippen molar-refractivity contribution in [1.29, 1.82) is 0 Å². The van der Waals surface area contributed by atoms with E-state index < -0.39 is 0 Å². The highest BCUT2D eigenvalue weighted by atomic mass is 16.5. The summed E-state index contributed by atoms with van der Waals surface area (Å²) in [6.07, 6.45) is 15.0. The van der Waals surface area contributed by atoms with E-state index in [2.05, 4.69) is 11.8 Å². The number of unbranched alkanes of at least 4 members (excludes halogenated alkanes) is 7. The molecule has 2 rings (SSSR count). The lowest BCUT2D eigenvalue weighted by Gasteiger charge is -2.25. The van der Waals surface area contributed by atoms with Gasteiger partial charge >= 0.3 is 0 Å². The molecular formula is C24H39NO2. The van der Waals surface area contributed by atoms with Crippen molar-refractivity contribution in [3.05, 3.63) is 29.8 Å². The number of likely N-dealkylation sites (tertiary alicyclic amines) is 1. The van der Waals surface area contributed by atoms with Gasteiger partial charge in [0.15, 0.2) is 5.78 Å². The maximum atomic E-state index is 12.4. The minimum Gasteiger partial charge on any atom is -0.494 e. The number of hydrogen-bond acceptors (Lipinski definition) is 3. The molecule has 0 saturated carbocycles. The predicted molar refractivity (Wildman–Crippen MR) is 114 cm³/mol. The molecule has 0 spiro atoms. The van der Waals surface area contributed by atoms with Gasteiger partial charge in [0, 0.05) is 18.5 Å². The van der Waals surface area contributed by atoms with E-state index in [1.165, 1.54) is 64.2 Å². The second kappa shape index (κ2) is 13.8. The van der Waals surface area contributed by atoms with Crippen LogP contribution in [-0.2, 0) is 0 Å². The third-order valence-corrected chi connectivity index (χ3v) is 5.55. The van der Waals surface area contributed by atoms with Gasteiger partial charge in [0.25, 0.3) is 0 Å². The van der Waals surface area contributed by atoms with Gasteiger partial charge in [-0.2, -0.15) is 0 Å². The molecule has 0 N–H and O–H groups in total. The Hall–Kier alpha value is -1.35. The second-order valence-corrected chi connectivity index (χ2v) is 7.92. The molecule has 0 atom stereocenters. The molecule has 1 saturated heterocycles. The Kier molecular flexibility index (Phi) is 11.2. The Bertz CT molecular complexity index is 506. The highest BCUT2D eigenvalue weighted by molar-refractivity contribution is 5.96. The maximum Gasteiger partial charge on any atom is 0.164 e. The number of hydrogen-bond donors (Lipinski definition) is 0. The van der Waals surface area contributed by atoms with E-state index in [0.717, 1.165) is 44.0 Å². The smallest absolute Gasteiger partial charge is 0.164 e. The van der Waals surface area contributed by atoms with E-state index in [-0.39, 0.29) is 5.78 Å². The van der Waals surface area contributed by atoms with Crippen molar-refractivity contribution in [2.75, 3.05) is 26.2 Å². The van der Waals surface area contributed by atoms with Crippen LogP contribution >= 0.6 is 0 Å². The molecule has 1 aliphatic heterocycles. The van der Waals surface area contributed by atoms with Gasteiger partial charge in [-0.25, -0.2) is 0 Å². The predicted octanol–water partition coefficient (Wildman–Crippen LogP) is 6.26. The first-order valence-corrected chi connectivity index (χ1v) is 11.3. The zero-order chi connectivity index (χ0) is 19.2. The number of ketones is 1. The van der Waals surface area contributed by atoms with Crippen LogP contribution in [0, 0.1) is 0 Å². The first-order chi connectivity index (χ1) is 13.3. The molecule has 0 aliphatic carbocycles. The average molecular weight is 374 g/mol. The van der Waals surface area contributed by atoms with E-state index in [4.69, 9.17) is 4.74 Å². The molecule has 1 aliphatic rings. The molecule has 1 heterocycles. The summed E-state index contributed by atoms with van der Waals surface area (Å²) < 4.78 is 5.82.